The summed E-state index contributed by atoms with van der Waals surface area (Å²) in [4.78, 5) is 25.1. The minimum absolute atomic E-state index is 0.248. The van der Waals surface area contributed by atoms with Crippen molar-refractivity contribution in [1.29, 1.82) is 0 Å². The van der Waals surface area contributed by atoms with Gasteiger partial charge in [-0.1, -0.05) is 6.07 Å². The Morgan fingerprint density at radius 2 is 2.20 bits per heavy atom. The lowest BCUT2D eigenvalue weighted by Gasteiger charge is -2.03. The molecule has 3 rings (SSSR count). The fourth-order valence-corrected chi connectivity index (χ4v) is 2.75. The molecule has 7 heteroatoms. The van der Waals surface area contributed by atoms with Gasteiger partial charge in [-0.2, -0.15) is 0 Å². The maximum atomic E-state index is 11.7. The Morgan fingerprint density at radius 1 is 1.35 bits per heavy atom. The molecule has 20 heavy (non-hydrogen) atoms. The molecule has 0 aliphatic heterocycles. The topological polar surface area (TPSA) is 91.0 Å². The van der Waals surface area contributed by atoms with Crippen LogP contribution in [0.2, 0.25) is 0 Å². The molecule has 2 N–H and O–H groups in total. The van der Waals surface area contributed by atoms with Gasteiger partial charge in [-0.05, 0) is 12.1 Å². The second kappa shape index (κ2) is 4.86. The molecule has 0 unspecified atom stereocenters. The van der Waals surface area contributed by atoms with Gasteiger partial charge in [0.1, 0.15) is 16.3 Å². The molecule has 6 nitrogen and oxygen atoms in total. The summed E-state index contributed by atoms with van der Waals surface area (Å²) in [6.45, 7) is 0. The van der Waals surface area contributed by atoms with Gasteiger partial charge in [0.2, 0.25) is 0 Å². The smallest absolute Gasteiger partial charge is 0.339 e. The number of nitrogens with two attached hydrogens (primary N) is 1. The fourth-order valence-electron chi connectivity index (χ4n) is 1.84. The summed E-state index contributed by atoms with van der Waals surface area (Å²) >= 11 is 1.32. The normalized spacial score (nSPS) is 10.7. The Morgan fingerprint density at radius 3 is 2.90 bits per heavy atom. The largest absolute Gasteiger partial charge is 0.465 e. The van der Waals surface area contributed by atoms with Crippen LogP contribution < -0.4 is 5.73 Å². The van der Waals surface area contributed by atoms with Crippen LogP contribution >= 0.6 is 11.3 Å². The molecule has 0 aromatic carbocycles. The highest BCUT2D eigenvalue weighted by Gasteiger charge is 2.18. The number of pyridine rings is 1. The van der Waals surface area contributed by atoms with Crippen LogP contribution in [-0.4, -0.2) is 28.0 Å². The second-order valence-corrected chi connectivity index (χ2v) is 4.83. The monoisotopic (exact) mass is 286 g/mol. The van der Waals surface area contributed by atoms with Crippen LogP contribution in [0.3, 0.4) is 0 Å². The van der Waals surface area contributed by atoms with E-state index in [1.807, 2.05) is 12.1 Å². The molecule has 0 amide bonds. The first kappa shape index (κ1) is 12.5. The fraction of sp³-hybridized carbons (Fsp3) is 0.0769. The minimum atomic E-state index is -0.447. The van der Waals surface area contributed by atoms with E-state index in [9.17, 15) is 4.79 Å². The van der Waals surface area contributed by atoms with Crippen LogP contribution in [0.15, 0.2) is 29.8 Å². The van der Waals surface area contributed by atoms with Gasteiger partial charge >= 0.3 is 5.97 Å². The highest BCUT2D eigenvalue weighted by Crippen LogP contribution is 2.30. The highest BCUT2D eigenvalue weighted by atomic mass is 32.1. The van der Waals surface area contributed by atoms with Gasteiger partial charge in [0, 0.05) is 11.6 Å². The van der Waals surface area contributed by atoms with Gasteiger partial charge in [-0.15, -0.1) is 11.3 Å². The number of carbonyl (C=O) groups excluding carboxylic acids is 1. The summed E-state index contributed by atoms with van der Waals surface area (Å²) in [5.41, 5.74) is 6.97. The first-order valence-corrected chi connectivity index (χ1v) is 6.63. The Hall–Kier alpha value is -2.54. The number of rotatable bonds is 2. The third-order valence-corrected chi connectivity index (χ3v) is 3.63. The number of carbonyl (C=O) groups is 1. The average Bonchev–Trinajstić information content (AvgIpc) is 2.92. The van der Waals surface area contributed by atoms with Crippen molar-refractivity contribution in [2.45, 2.75) is 0 Å². The number of nitrogens with zero attached hydrogens (tertiary/aromatic N) is 3. The minimum Gasteiger partial charge on any atom is -0.465 e. The predicted octanol–water partition coefficient (Wildman–Crippen LogP) is 2.12. The lowest BCUT2D eigenvalue weighted by molar-refractivity contribution is 0.0603. The van der Waals surface area contributed by atoms with E-state index in [1.165, 1.54) is 18.4 Å². The number of methoxy groups -OCH3 is 1. The van der Waals surface area contributed by atoms with Crippen molar-refractivity contribution in [1.82, 2.24) is 15.0 Å². The van der Waals surface area contributed by atoms with E-state index in [2.05, 4.69) is 15.0 Å². The van der Waals surface area contributed by atoms with E-state index < -0.39 is 5.97 Å². The zero-order valence-electron chi connectivity index (χ0n) is 10.5. The molecule has 0 spiro atoms. The van der Waals surface area contributed by atoms with Gasteiger partial charge < -0.3 is 10.5 Å². The van der Waals surface area contributed by atoms with E-state index in [1.54, 1.807) is 17.6 Å². The number of aromatic nitrogens is 3. The van der Waals surface area contributed by atoms with Crippen LogP contribution in [0, 0.1) is 0 Å². The zero-order valence-corrected chi connectivity index (χ0v) is 11.3. The second-order valence-electron chi connectivity index (χ2n) is 3.97. The van der Waals surface area contributed by atoms with Gasteiger partial charge in [0.15, 0.2) is 5.82 Å². The van der Waals surface area contributed by atoms with Crippen LogP contribution in [0.25, 0.3) is 21.7 Å². The van der Waals surface area contributed by atoms with Crippen molar-refractivity contribution in [3.63, 3.8) is 0 Å². The van der Waals surface area contributed by atoms with E-state index in [4.69, 9.17) is 10.5 Å². The summed E-state index contributed by atoms with van der Waals surface area (Å²) in [5, 5.41) is 2.20. The predicted molar refractivity (Wildman–Crippen MR) is 76.4 cm³/mol. The molecule has 0 saturated heterocycles. The van der Waals surface area contributed by atoms with E-state index in [0.717, 1.165) is 0 Å². The quantitative estimate of drug-likeness (QED) is 0.726. The molecule has 0 saturated carbocycles. The standard InChI is InChI=1S/C13H10N4O2S/c1-19-13(18)7-6-20-12-9(7)10(14)16-11(17-12)8-4-2-3-5-15-8/h2-6H,1H3,(H2,14,16,17). The van der Waals surface area contributed by atoms with E-state index in [-0.39, 0.29) is 5.82 Å². The Bertz CT molecular complexity index is 786. The van der Waals surface area contributed by atoms with Crippen molar-refractivity contribution in [2.75, 3.05) is 12.8 Å². The van der Waals surface area contributed by atoms with Gasteiger partial charge in [-0.25, -0.2) is 14.8 Å². The molecule has 0 bridgehead atoms. The van der Waals surface area contributed by atoms with Crippen molar-refractivity contribution in [2.24, 2.45) is 0 Å². The number of hydrogen-bond donors (Lipinski definition) is 1. The highest BCUT2D eigenvalue weighted by molar-refractivity contribution is 7.17. The van der Waals surface area contributed by atoms with Crippen LogP contribution in [-0.2, 0) is 4.74 Å². The lowest BCUT2D eigenvalue weighted by Crippen LogP contribution is -2.03. The molecule has 0 atom stereocenters. The molecule has 0 aliphatic rings. The van der Waals surface area contributed by atoms with Crippen LogP contribution in [0.4, 0.5) is 5.82 Å². The Labute approximate surface area is 118 Å². The summed E-state index contributed by atoms with van der Waals surface area (Å²) in [5.74, 6) is 0.239. The third-order valence-electron chi connectivity index (χ3n) is 2.76. The molecule has 0 radical (unpaired) electrons. The molecular weight excluding hydrogens is 276 g/mol. The molecule has 3 aromatic heterocycles. The van der Waals surface area contributed by atoms with Crippen molar-refractivity contribution >= 4 is 33.3 Å². The molecule has 0 fully saturated rings. The maximum Gasteiger partial charge on any atom is 0.339 e. The van der Waals surface area contributed by atoms with Gasteiger partial charge in [-0.3, -0.25) is 4.98 Å². The SMILES string of the molecule is COC(=O)c1csc2nc(-c3ccccn3)nc(N)c12. The average molecular weight is 286 g/mol. The number of esters is 1. The lowest BCUT2D eigenvalue weighted by atomic mass is 10.2. The van der Waals surface area contributed by atoms with Gasteiger partial charge in [0.05, 0.1) is 18.1 Å². The van der Waals surface area contributed by atoms with Crippen LogP contribution in [0.1, 0.15) is 10.4 Å². The first-order valence-electron chi connectivity index (χ1n) is 5.75. The Balaban J connectivity index is 2.20. The maximum absolute atomic E-state index is 11.7. The molecule has 0 aliphatic carbocycles. The van der Waals surface area contributed by atoms with Gasteiger partial charge in [0.25, 0.3) is 0 Å². The van der Waals surface area contributed by atoms with E-state index >= 15 is 0 Å². The summed E-state index contributed by atoms with van der Waals surface area (Å²) < 4.78 is 4.72. The summed E-state index contributed by atoms with van der Waals surface area (Å²) in [6, 6.07) is 5.46. The van der Waals surface area contributed by atoms with Crippen molar-refractivity contribution in [3.05, 3.63) is 35.3 Å². The van der Waals surface area contributed by atoms with Crippen molar-refractivity contribution in [3.8, 4) is 11.5 Å². The number of ether oxygens (including phenoxy) is 1. The van der Waals surface area contributed by atoms with Crippen molar-refractivity contribution < 1.29 is 9.53 Å². The number of hydrogen-bond acceptors (Lipinski definition) is 7. The number of fused-ring (bicyclic) bond motifs is 1. The number of anilines is 1. The number of nitrogen functional groups attached to an aromatic ring is 1. The first-order chi connectivity index (χ1) is 9.70. The summed E-state index contributed by atoms with van der Waals surface area (Å²) in [7, 11) is 1.32. The zero-order chi connectivity index (χ0) is 14.1. The van der Waals surface area contributed by atoms with Crippen LogP contribution in [0.5, 0.6) is 0 Å². The molecule has 3 aromatic rings. The molecular formula is C13H10N4O2S. The molecule has 3 heterocycles. The Kier molecular flexibility index (Phi) is 3.03. The number of thiophene rings is 1. The van der Waals surface area contributed by atoms with E-state index in [0.29, 0.717) is 27.3 Å². The summed E-state index contributed by atoms with van der Waals surface area (Å²) in [6.07, 6.45) is 1.66. The molecule has 100 valence electrons. The third kappa shape index (κ3) is 1.97.